The van der Waals surface area contributed by atoms with Gasteiger partial charge in [0.1, 0.15) is 11.6 Å². The van der Waals surface area contributed by atoms with Crippen molar-refractivity contribution in [1.29, 1.82) is 0 Å². The van der Waals surface area contributed by atoms with E-state index in [1.165, 1.54) is 6.92 Å². The molecule has 5 nitrogen and oxygen atoms in total. The Hall–Kier alpha value is -2.95. The Bertz CT molecular complexity index is 831. The number of carbonyl (C=O) groups is 1. The van der Waals surface area contributed by atoms with Crippen LogP contribution in [0.25, 0.3) is 21.9 Å². The summed E-state index contributed by atoms with van der Waals surface area (Å²) in [7, 11) is 1.83. The normalized spacial score (nSPS) is 10.5. The first-order valence-electron chi connectivity index (χ1n) is 6.98. The van der Waals surface area contributed by atoms with Crippen LogP contribution in [0.5, 0.6) is 0 Å². The summed E-state index contributed by atoms with van der Waals surface area (Å²) in [6, 6.07) is 11.9. The number of nitrogens with one attached hydrogen (secondary N) is 2. The molecule has 0 saturated carbocycles. The first kappa shape index (κ1) is 14.0. The minimum absolute atomic E-state index is 0.143. The Kier molecular flexibility index (Phi) is 3.70. The number of aromatic nitrogens is 2. The molecule has 0 saturated heterocycles. The zero-order chi connectivity index (χ0) is 15.5. The molecule has 0 aliphatic heterocycles. The summed E-state index contributed by atoms with van der Waals surface area (Å²) < 4.78 is 0. The maximum atomic E-state index is 11.3. The van der Waals surface area contributed by atoms with E-state index in [0.29, 0.717) is 5.82 Å². The SMILES string of the molecule is CNc1ncc(-c2ccccc2)c2cc(NC(C)=O)ncc12. The zero-order valence-electron chi connectivity index (χ0n) is 12.4. The maximum Gasteiger partial charge on any atom is 0.222 e. The third-order valence-corrected chi connectivity index (χ3v) is 3.40. The number of hydrogen-bond acceptors (Lipinski definition) is 4. The summed E-state index contributed by atoms with van der Waals surface area (Å²) in [5, 5.41) is 7.70. The molecular weight excluding hydrogens is 276 g/mol. The monoisotopic (exact) mass is 292 g/mol. The van der Waals surface area contributed by atoms with Crippen molar-refractivity contribution in [2.45, 2.75) is 6.92 Å². The quantitative estimate of drug-likeness (QED) is 0.777. The molecule has 22 heavy (non-hydrogen) atoms. The van der Waals surface area contributed by atoms with Gasteiger partial charge in [-0.2, -0.15) is 0 Å². The van der Waals surface area contributed by atoms with E-state index < -0.39 is 0 Å². The first-order chi connectivity index (χ1) is 10.7. The fourth-order valence-electron chi connectivity index (χ4n) is 2.43. The minimum Gasteiger partial charge on any atom is -0.373 e. The van der Waals surface area contributed by atoms with Crippen LogP contribution in [-0.4, -0.2) is 22.9 Å². The van der Waals surface area contributed by atoms with Gasteiger partial charge in [-0.15, -0.1) is 0 Å². The van der Waals surface area contributed by atoms with Gasteiger partial charge in [0.05, 0.1) is 0 Å². The highest BCUT2D eigenvalue weighted by atomic mass is 16.1. The van der Waals surface area contributed by atoms with Crippen molar-refractivity contribution in [3.8, 4) is 11.1 Å². The molecular formula is C17H16N4O. The summed E-state index contributed by atoms with van der Waals surface area (Å²) in [5.41, 5.74) is 2.08. The predicted octanol–water partition coefficient (Wildman–Crippen LogP) is 3.30. The van der Waals surface area contributed by atoms with Gasteiger partial charge in [0.15, 0.2) is 0 Å². The van der Waals surface area contributed by atoms with Gasteiger partial charge in [-0.1, -0.05) is 30.3 Å². The molecule has 2 aromatic heterocycles. The van der Waals surface area contributed by atoms with Crippen molar-refractivity contribution < 1.29 is 4.79 Å². The molecule has 2 N–H and O–H groups in total. The Labute approximate surface area is 128 Å². The molecule has 0 atom stereocenters. The molecule has 0 aliphatic carbocycles. The summed E-state index contributed by atoms with van der Waals surface area (Å²) >= 11 is 0. The second kappa shape index (κ2) is 5.81. The summed E-state index contributed by atoms with van der Waals surface area (Å²) in [5.74, 6) is 1.15. The van der Waals surface area contributed by atoms with Crippen molar-refractivity contribution in [3.05, 3.63) is 48.8 Å². The number of rotatable bonds is 3. The van der Waals surface area contributed by atoms with Crippen molar-refractivity contribution in [1.82, 2.24) is 9.97 Å². The van der Waals surface area contributed by atoms with E-state index in [0.717, 1.165) is 27.7 Å². The molecule has 0 unspecified atom stereocenters. The number of amides is 1. The molecule has 0 spiro atoms. The Balaban J connectivity index is 2.25. The summed E-state index contributed by atoms with van der Waals surface area (Å²) in [6.45, 7) is 1.47. The zero-order valence-corrected chi connectivity index (χ0v) is 12.4. The lowest BCUT2D eigenvalue weighted by Gasteiger charge is -2.11. The van der Waals surface area contributed by atoms with Gasteiger partial charge in [0.2, 0.25) is 5.91 Å². The topological polar surface area (TPSA) is 66.9 Å². The largest absolute Gasteiger partial charge is 0.373 e. The average molecular weight is 292 g/mol. The molecule has 0 radical (unpaired) electrons. The van der Waals surface area contributed by atoms with Gasteiger partial charge in [-0.05, 0) is 17.0 Å². The number of benzene rings is 1. The molecule has 0 aliphatic rings. The highest BCUT2D eigenvalue weighted by Gasteiger charge is 2.10. The van der Waals surface area contributed by atoms with E-state index in [9.17, 15) is 4.79 Å². The van der Waals surface area contributed by atoms with Crippen LogP contribution in [0.1, 0.15) is 6.92 Å². The van der Waals surface area contributed by atoms with Crippen LogP contribution in [0.3, 0.4) is 0 Å². The third kappa shape index (κ3) is 2.61. The van der Waals surface area contributed by atoms with Crippen LogP contribution in [0.4, 0.5) is 11.6 Å². The molecule has 1 aromatic carbocycles. The van der Waals surface area contributed by atoms with Crippen LogP contribution in [0.15, 0.2) is 48.8 Å². The standard InChI is InChI=1S/C17H16N4O/c1-11(22)21-16-8-13-14(12-6-4-3-5-7-12)9-20-17(18-2)15(13)10-19-16/h3-10H,1-2H3,(H,18,20)(H,19,21,22). The fourth-order valence-corrected chi connectivity index (χ4v) is 2.43. The lowest BCUT2D eigenvalue weighted by Crippen LogP contribution is -2.07. The van der Waals surface area contributed by atoms with E-state index in [1.54, 1.807) is 6.20 Å². The molecule has 0 fully saturated rings. The second-order valence-electron chi connectivity index (χ2n) is 4.93. The van der Waals surface area contributed by atoms with Gasteiger partial charge in [-0.25, -0.2) is 9.97 Å². The van der Waals surface area contributed by atoms with E-state index in [4.69, 9.17) is 0 Å². The molecule has 3 aromatic rings. The molecule has 5 heteroatoms. The van der Waals surface area contributed by atoms with Crippen LogP contribution in [-0.2, 0) is 4.79 Å². The van der Waals surface area contributed by atoms with E-state index in [2.05, 4.69) is 20.6 Å². The predicted molar refractivity (Wildman–Crippen MR) is 88.8 cm³/mol. The molecule has 0 bridgehead atoms. The average Bonchev–Trinajstić information content (AvgIpc) is 2.54. The van der Waals surface area contributed by atoms with Crippen molar-refractivity contribution in [3.63, 3.8) is 0 Å². The summed E-state index contributed by atoms with van der Waals surface area (Å²) in [6.07, 6.45) is 3.56. The Morgan fingerprint density at radius 1 is 1.05 bits per heavy atom. The highest BCUT2D eigenvalue weighted by molar-refractivity contribution is 6.03. The first-order valence-corrected chi connectivity index (χ1v) is 6.98. The number of fused-ring (bicyclic) bond motifs is 1. The molecule has 110 valence electrons. The van der Waals surface area contributed by atoms with Crippen LogP contribution in [0, 0.1) is 0 Å². The third-order valence-electron chi connectivity index (χ3n) is 3.40. The maximum absolute atomic E-state index is 11.3. The van der Waals surface area contributed by atoms with Gasteiger partial charge in [0.25, 0.3) is 0 Å². The number of anilines is 2. The highest BCUT2D eigenvalue weighted by Crippen LogP contribution is 2.32. The van der Waals surface area contributed by atoms with Crippen molar-refractivity contribution >= 4 is 28.3 Å². The van der Waals surface area contributed by atoms with E-state index >= 15 is 0 Å². The van der Waals surface area contributed by atoms with Gasteiger partial charge < -0.3 is 10.6 Å². The van der Waals surface area contributed by atoms with Crippen LogP contribution >= 0.6 is 0 Å². The second-order valence-corrected chi connectivity index (χ2v) is 4.93. The number of carbonyl (C=O) groups excluding carboxylic acids is 1. The van der Waals surface area contributed by atoms with Crippen molar-refractivity contribution in [2.75, 3.05) is 17.7 Å². The summed E-state index contributed by atoms with van der Waals surface area (Å²) in [4.78, 5) is 20.0. The lowest BCUT2D eigenvalue weighted by molar-refractivity contribution is -0.114. The molecule has 3 rings (SSSR count). The number of nitrogens with zero attached hydrogens (tertiary/aromatic N) is 2. The lowest BCUT2D eigenvalue weighted by atomic mass is 10.0. The molecule has 2 heterocycles. The van der Waals surface area contributed by atoms with Crippen LogP contribution in [0.2, 0.25) is 0 Å². The fraction of sp³-hybridized carbons (Fsp3) is 0.118. The number of pyridine rings is 2. The minimum atomic E-state index is -0.143. The van der Waals surface area contributed by atoms with E-state index in [1.807, 2.05) is 49.6 Å². The molecule has 1 amide bonds. The van der Waals surface area contributed by atoms with Gasteiger partial charge >= 0.3 is 0 Å². The van der Waals surface area contributed by atoms with Crippen LogP contribution < -0.4 is 10.6 Å². The van der Waals surface area contributed by atoms with E-state index in [-0.39, 0.29) is 5.91 Å². The van der Waals surface area contributed by atoms with Crippen molar-refractivity contribution in [2.24, 2.45) is 0 Å². The number of hydrogen-bond donors (Lipinski definition) is 2. The Morgan fingerprint density at radius 3 is 2.50 bits per heavy atom. The van der Waals surface area contributed by atoms with Gasteiger partial charge in [0, 0.05) is 37.3 Å². The smallest absolute Gasteiger partial charge is 0.222 e. The van der Waals surface area contributed by atoms with Gasteiger partial charge in [-0.3, -0.25) is 4.79 Å². The Morgan fingerprint density at radius 2 is 1.82 bits per heavy atom.